The molecule has 0 saturated carbocycles. The van der Waals surface area contributed by atoms with Gasteiger partial charge in [0, 0.05) is 19.0 Å². The third-order valence-electron chi connectivity index (χ3n) is 4.96. The minimum absolute atomic E-state index is 0.0146. The molecule has 164 valence electrons. The van der Waals surface area contributed by atoms with Gasteiger partial charge in [0.1, 0.15) is 5.75 Å². The number of benzene rings is 2. The van der Waals surface area contributed by atoms with Crippen LogP contribution in [0.25, 0.3) is 0 Å². The molecule has 0 unspecified atom stereocenters. The molecular weight excluding hydrogens is 456 g/mol. The zero-order chi connectivity index (χ0) is 22.8. The quantitative estimate of drug-likeness (QED) is 0.488. The summed E-state index contributed by atoms with van der Waals surface area (Å²) in [6.45, 7) is 2.40. The van der Waals surface area contributed by atoms with E-state index in [0.29, 0.717) is 18.0 Å². The van der Waals surface area contributed by atoms with Gasteiger partial charge < -0.3 is 9.64 Å². The fourth-order valence-electron chi connectivity index (χ4n) is 2.98. The highest BCUT2D eigenvalue weighted by Gasteiger charge is 2.25. The number of anilines is 1. The van der Waals surface area contributed by atoms with E-state index >= 15 is 0 Å². The molecule has 3 rings (SSSR count). The molecule has 6 nitrogen and oxygen atoms in total. The van der Waals surface area contributed by atoms with Crippen molar-refractivity contribution in [1.29, 1.82) is 0 Å². The Morgan fingerprint density at radius 2 is 1.77 bits per heavy atom. The number of methoxy groups -OCH3 is 1. The number of rotatable bonds is 7. The van der Waals surface area contributed by atoms with Gasteiger partial charge in [0.05, 0.1) is 34.8 Å². The summed E-state index contributed by atoms with van der Waals surface area (Å²) in [5.74, 6) is 0.278. The van der Waals surface area contributed by atoms with Gasteiger partial charge in [-0.25, -0.2) is 8.42 Å². The van der Waals surface area contributed by atoms with Crippen molar-refractivity contribution in [2.75, 3.05) is 25.5 Å². The number of ether oxygens (including phenoxy) is 1. The zero-order valence-corrected chi connectivity index (χ0v) is 20.0. The van der Waals surface area contributed by atoms with E-state index in [0.717, 1.165) is 14.7 Å². The minimum Gasteiger partial charge on any atom is -0.497 e. The fourth-order valence-corrected chi connectivity index (χ4v) is 5.36. The van der Waals surface area contributed by atoms with Crippen LogP contribution < -0.4 is 9.04 Å². The highest BCUT2D eigenvalue weighted by molar-refractivity contribution is 7.92. The number of carbonyl (C=O) groups excluding carboxylic acids is 1. The van der Waals surface area contributed by atoms with Crippen LogP contribution in [-0.2, 0) is 16.6 Å². The van der Waals surface area contributed by atoms with Crippen LogP contribution >= 0.6 is 22.9 Å². The van der Waals surface area contributed by atoms with E-state index in [1.165, 1.54) is 30.1 Å². The van der Waals surface area contributed by atoms with Crippen LogP contribution in [0, 0.1) is 6.92 Å². The summed E-state index contributed by atoms with van der Waals surface area (Å²) in [5.41, 5.74) is 1.71. The van der Waals surface area contributed by atoms with Crippen LogP contribution in [0.1, 0.15) is 20.8 Å². The lowest BCUT2D eigenvalue weighted by molar-refractivity contribution is 0.0786. The molecule has 0 aliphatic rings. The van der Waals surface area contributed by atoms with Crippen molar-refractivity contribution in [3.8, 4) is 5.75 Å². The van der Waals surface area contributed by atoms with E-state index in [1.807, 2.05) is 18.4 Å². The Morgan fingerprint density at radius 1 is 1.10 bits per heavy atom. The number of nitrogens with zero attached hydrogens (tertiary/aromatic N) is 2. The largest absolute Gasteiger partial charge is 0.497 e. The van der Waals surface area contributed by atoms with Crippen LogP contribution in [0.5, 0.6) is 5.75 Å². The Kier molecular flexibility index (Phi) is 6.93. The minimum atomic E-state index is -3.90. The second kappa shape index (κ2) is 9.30. The number of sulfonamides is 1. The normalized spacial score (nSPS) is 11.3. The fraction of sp³-hybridized carbons (Fsp3) is 0.227. The van der Waals surface area contributed by atoms with E-state index in [-0.39, 0.29) is 21.4 Å². The summed E-state index contributed by atoms with van der Waals surface area (Å²) in [7, 11) is 0.765. The molecule has 0 bridgehead atoms. The van der Waals surface area contributed by atoms with Gasteiger partial charge in [0.25, 0.3) is 15.9 Å². The van der Waals surface area contributed by atoms with E-state index in [1.54, 1.807) is 49.8 Å². The molecular formula is C22H23ClN2O4S2. The summed E-state index contributed by atoms with van der Waals surface area (Å²) < 4.78 is 32.6. The van der Waals surface area contributed by atoms with Crippen LogP contribution in [-0.4, -0.2) is 40.4 Å². The van der Waals surface area contributed by atoms with Crippen molar-refractivity contribution in [2.24, 2.45) is 0 Å². The van der Waals surface area contributed by atoms with Crippen molar-refractivity contribution in [3.63, 3.8) is 0 Å². The number of hydrogen-bond donors (Lipinski definition) is 0. The molecule has 1 amide bonds. The molecule has 0 saturated heterocycles. The number of amides is 1. The average molecular weight is 479 g/mol. The molecule has 0 aliphatic carbocycles. The Morgan fingerprint density at radius 3 is 2.35 bits per heavy atom. The molecule has 0 atom stereocenters. The standard InChI is InChI=1S/C22H23ClN2O4S2/c1-15-11-12-30-21(15)14-24(2)22(26)19-13-18(9-10-20(19)23)31(27,28)25(3)16-5-7-17(29-4)8-6-16/h5-13H,14H2,1-4H3. The maximum absolute atomic E-state index is 13.2. The molecule has 0 N–H and O–H groups in total. The topological polar surface area (TPSA) is 66.9 Å². The average Bonchev–Trinajstić information content (AvgIpc) is 3.17. The maximum Gasteiger partial charge on any atom is 0.264 e. The Hall–Kier alpha value is -2.55. The number of carbonyl (C=O) groups is 1. The van der Waals surface area contributed by atoms with E-state index in [2.05, 4.69) is 0 Å². The van der Waals surface area contributed by atoms with Crippen LogP contribution in [0.4, 0.5) is 5.69 Å². The van der Waals surface area contributed by atoms with Gasteiger partial charge in [-0.05, 0) is 66.4 Å². The highest BCUT2D eigenvalue weighted by Crippen LogP contribution is 2.28. The van der Waals surface area contributed by atoms with Crippen molar-refractivity contribution < 1.29 is 17.9 Å². The number of aryl methyl sites for hydroxylation is 1. The summed E-state index contributed by atoms with van der Waals surface area (Å²) in [4.78, 5) is 15.6. The van der Waals surface area contributed by atoms with Gasteiger partial charge in [0.2, 0.25) is 0 Å². The van der Waals surface area contributed by atoms with Gasteiger partial charge >= 0.3 is 0 Å². The lowest BCUT2D eigenvalue weighted by Crippen LogP contribution is -2.28. The third kappa shape index (κ3) is 4.87. The Bertz CT molecular complexity index is 1190. The summed E-state index contributed by atoms with van der Waals surface area (Å²) in [6.07, 6.45) is 0. The smallest absolute Gasteiger partial charge is 0.264 e. The lowest BCUT2D eigenvalue weighted by Gasteiger charge is -2.21. The second-order valence-electron chi connectivity index (χ2n) is 7.00. The number of halogens is 1. The first kappa shape index (κ1) is 23.1. The molecule has 1 heterocycles. The van der Waals surface area contributed by atoms with Gasteiger partial charge in [-0.2, -0.15) is 0 Å². The molecule has 2 aromatic carbocycles. The van der Waals surface area contributed by atoms with Gasteiger partial charge in [-0.1, -0.05) is 11.6 Å². The van der Waals surface area contributed by atoms with Crippen LogP contribution in [0.2, 0.25) is 5.02 Å². The highest BCUT2D eigenvalue weighted by atomic mass is 35.5. The zero-order valence-electron chi connectivity index (χ0n) is 17.6. The molecule has 1 aromatic heterocycles. The van der Waals surface area contributed by atoms with Gasteiger partial charge in [-0.15, -0.1) is 11.3 Å². The van der Waals surface area contributed by atoms with Crippen molar-refractivity contribution in [1.82, 2.24) is 4.90 Å². The Labute approximate surface area is 191 Å². The first-order chi connectivity index (χ1) is 14.6. The van der Waals surface area contributed by atoms with Crippen molar-refractivity contribution >= 4 is 44.6 Å². The third-order valence-corrected chi connectivity index (χ3v) is 8.08. The molecule has 3 aromatic rings. The monoisotopic (exact) mass is 478 g/mol. The number of hydrogen-bond acceptors (Lipinski definition) is 5. The number of thiophene rings is 1. The maximum atomic E-state index is 13.2. The van der Waals surface area contributed by atoms with Gasteiger partial charge in [0.15, 0.2) is 0 Å². The van der Waals surface area contributed by atoms with Crippen molar-refractivity contribution in [3.05, 3.63) is 74.9 Å². The van der Waals surface area contributed by atoms with Crippen LogP contribution in [0.3, 0.4) is 0 Å². The molecule has 31 heavy (non-hydrogen) atoms. The molecule has 9 heteroatoms. The predicted molar refractivity (Wildman–Crippen MR) is 125 cm³/mol. The van der Waals surface area contributed by atoms with Gasteiger partial charge in [-0.3, -0.25) is 9.10 Å². The van der Waals surface area contributed by atoms with E-state index < -0.39 is 10.0 Å². The Balaban J connectivity index is 1.89. The predicted octanol–water partition coefficient (Wildman–Crippen LogP) is 4.82. The summed E-state index contributed by atoms with van der Waals surface area (Å²) >= 11 is 7.83. The van der Waals surface area contributed by atoms with Crippen molar-refractivity contribution in [2.45, 2.75) is 18.4 Å². The lowest BCUT2D eigenvalue weighted by atomic mass is 10.2. The van der Waals surface area contributed by atoms with Crippen LogP contribution in [0.15, 0.2) is 58.8 Å². The molecule has 0 aliphatic heterocycles. The molecule has 0 spiro atoms. The first-order valence-electron chi connectivity index (χ1n) is 9.36. The van der Waals surface area contributed by atoms with E-state index in [4.69, 9.17) is 16.3 Å². The summed E-state index contributed by atoms with van der Waals surface area (Å²) in [5, 5.41) is 2.17. The van der Waals surface area contributed by atoms with E-state index in [9.17, 15) is 13.2 Å². The summed E-state index contributed by atoms with van der Waals surface area (Å²) in [6, 6.07) is 12.8. The second-order valence-corrected chi connectivity index (χ2v) is 10.4. The molecule has 0 fully saturated rings. The SMILES string of the molecule is COc1ccc(N(C)S(=O)(=O)c2ccc(Cl)c(C(=O)N(C)Cc3sccc3C)c2)cc1. The molecule has 0 radical (unpaired) electrons. The first-order valence-corrected chi connectivity index (χ1v) is 12.1.